The van der Waals surface area contributed by atoms with Crippen molar-refractivity contribution in [2.24, 2.45) is 0 Å². The van der Waals surface area contributed by atoms with Crippen molar-refractivity contribution >= 4 is 17.5 Å². The Kier molecular flexibility index (Phi) is 5.34. The average Bonchev–Trinajstić information content (AvgIpc) is 3.41. The number of hydrogen-bond donors (Lipinski definition) is 0. The molecule has 2 amide bonds. The van der Waals surface area contributed by atoms with Gasteiger partial charge in [-0.25, -0.2) is 4.98 Å². The molecule has 1 aromatic heterocycles. The second-order valence-electron chi connectivity index (χ2n) is 6.34. The summed E-state index contributed by atoms with van der Waals surface area (Å²) in [5.41, 5.74) is 1.06. The molecule has 27 heavy (non-hydrogen) atoms. The van der Waals surface area contributed by atoms with E-state index in [1.807, 2.05) is 0 Å². The van der Waals surface area contributed by atoms with Crippen molar-refractivity contribution in [2.45, 2.75) is 32.0 Å². The van der Waals surface area contributed by atoms with Crippen molar-refractivity contribution in [3.05, 3.63) is 60.7 Å². The van der Waals surface area contributed by atoms with Gasteiger partial charge in [0.2, 0.25) is 5.91 Å². The monoisotopic (exact) mass is 374 g/mol. The predicted molar refractivity (Wildman–Crippen MR) is 96.4 cm³/mol. The first kappa shape index (κ1) is 18.8. The van der Waals surface area contributed by atoms with Gasteiger partial charge in [-0.3, -0.25) is 14.2 Å². The third kappa shape index (κ3) is 4.05. The van der Waals surface area contributed by atoms with Crippen molar-refractivity contribution in [1.29, 1.82) is 0 Å². The number of aromatic nitrogens is 2. The molecule has 1 fully saturated rings. The molecule has 142 valence electrons. The first-order valence-corrected chi connectivity index (χ1v) is 8.53. The van der Waals surface area contributed by atoms with Crippen molar-refractivity contribution in [3.63, 3.8) is 0 Å². The summed E-state index contributed by atoms with van der Waals surface area (Å²) in [5.74, 6) is -0.351. The molecule has 1 heterocycles. The summed E-state index contributed by atoms with van der Waals surface area (Å²) in [6, 6.07) is 6.61. The lowest BCUT2D eigenvalue weighted by atomic mass is 10.1. The molecule has 0 radical (unpaired) electrons. The summed E-state index contributed by atoms with van der Waals surface area (Å²) < 4.78 is 26.9. The largest absolute Gasteiger partial charge is 0.328 e. The zero-order valence-electron chi connectivity index (χ0n) is 14.9. The normalized spacial score (nSPS) is 13.5. The van der Waals surface area contributed by atoms with Crippen LogP contribution in [0.15, 0.2) is 49.3 Å². The van der Waals surface area contributed by atoms with E-state index >= 15 is 0 Å². The maximum Gasteiger partial charge on any atom is 0.319 e. The van der Waals surface area contributed by atoms with E-state index in [-0.39, 0.29) is 30.2 Å². The van der Waals surface area contributed by atoms with Crippen molar-refractivity contribution in [3.8, 4) is 0 Å². The number of hydrogen-bond acceptors (Lipinski definition) is 3. The first-order valence-electron chi connectivity index (χ1n) is 8.53. The van der Waals surface area contributed by atoms with Gasteiger partial charge in [0.15, 0.2) is 0 Å². The third-order valence-corrected chi connectivity index (χ3v) is 4.53. The molecule has 0 bridgehead atoms. The van der Waals surface area contributed by atoms with Crippen LogP contribution in [-0.2, 0) is 11.3 Å². The Balaban J connectivity index is 1.78. The number of benzene rings is 1. The van der Waals surface area contributed by atoms with E-state index in [1.165, 1.54) is 23.4 Å². The van der Waals surface area contributed by atoms with E-state index < -0.39 is 6.55 Å². The zero-order chi connectivity index (χ0) is 19.6. The third-order valence-electron chi connectivity index (χ3n) is 4.53. The molecular weight excluding hydrogens is 354 g/mol. The topological polar surface area (TPSA) is 58.4 Å². The van der Waals surface area contributed by atoms with E-state index in [9.17, 15) is 18.4 Å². The van der Waals surface area contributed by atoms with Crippen LogP contribution in [0.1, 0.15) is 35.6 Å². The first-order chi connectivity index (χ1) is 12.9. The predicted octanol–water partition coefficient (Wildman–Crippen LogP) is 3.23. The minimum atomic E-state index is -2.70. The Labute approximate surface area is 155 Å². The van der Waals surface area contributed by atoms with Gasteiger partial charge >= 0.3 is 6.55 Å². The number of anilines is 1. The Morgan fingerprint density at radius 3 is 2.56 bits per heavy atom. The van der Waals surface area contributed by atoms with E-state index in [4.69, 9.17) is 0 Å². The summed E-state index contributed by atoms with van der Waals surface area (Å²) in [4.78, 5) is 31.5. The molecule has 1 saturated carbocycles. The second-order valence-corrected chi connectivity index (χ2v) is 6.34. The Morgan fingerprint density at radius 2 is 2.00 bits per heavy atom. The molecular formula is C19H20F2N4O2. The van der Waals surface area contributed by atoms with Crippen molar-refractivity contribution in [2.75, 3.05) is 11.9 Å². The number of carbonyl (C=O) groups is 2. The van der Waals surface area contributed by atoms with Gasteiger partial charge in [-0.1, -0.05) is 6.58 Å². The summed E-state index contributed by atoms with van der Waals surface area (Å²) in [6.07, 6.45) is 5.40. The van der Waals surface area contributed by atoms with E-state index in [0.29, 0.717) is 11.3 Å². The van der Waals surface area contributed by atoms with E-state index in [1.54, 1.807) is 36.2 Å². The molecule has 3 rings (SSSR count). The standard InChI is InChI=1S/C19H20F2N4O2/c1-3-17(26)23(2)14-6-4-13(5-7-14)18(27)25(15-8-9-15)12-16-22-10-11-24(16)19(20)21/h3-7,10-11,15,19H,1,8-9,12H2,2H3. The number of rotatable bonds is 7. The molecule has 0 saturated heterocycles. The van der Waals surface area contributed by atoms with Gasteiger partial charge in [0.25, 0.3) is 5.91 Å². The molecule has 1 aliphatic rings. The van der Waals surface area contributed by atoms with Crippen LogP contribution in [0, 0.1) is 0 Å². The number of nitrogens with zero attached hydrogens (tertiary/aromatic N) is 4. The highest BCUT2D eigenvalue weighted by Crippen LogP contribution is 2.30. The van der Waals surface area contributed by atoms with Gasteiger partial charge in [0, 0.05) is 36.7 Å². The molecule has 1 aliphatic carbocycles. The molecule has 1 aromatic carbocycles. The van der Waals surface area contributed by atoms with Crippen LogP contribution in [0.4, 0.5) is 14.5 Å². The fourth-order valence-electron chi connectivity index (χ4n) is 2.81. The fraction of sp³-hybridized carbons (Fsp3) is 0.316. The zero-order valence-corrected chi connectivity index (χ0v) is 14.9. The fourth-order valence-corrected chi connectivity index (χ4v) is 2.81. The number of amides is 2. The Morgan fingerprint density at radius 1 is 1.33 bits per heavy atom. The molecule has 0 spiro atoms. The summed E-state index contributed by atoms with van der Waals surface area (Å²) in [7, 11) is 1.61. The van der Waals surface area contributed by atoms with Gasteiger partial charge in [-0.2, -0.15) is 8.78 Å². The second kappa shape index (κ2) is 7.69. The van der Waals surface area contributed by atoms with Crippen LogP contribution >= 0.6 is 0 Å². The summed E-state index contributed by atoms with van der Waals surface area (Å²) >= 11 is 0. The highest BCUT2D eigenvalue weighted by atomic mass is 19.3. The van der Waals surface area contributed by atoms with Gasteiger partial charge in [0.05, 0.1) is 6.54 Å². The van der Waals surface area contributed by atoms with Crippen LogP contribution in [0.2, 0.25) is 0 Å². The van der Waals surface area contributed by atoms with E-state index in [2.05, 4.69) is 11.6 Å². The van der Waals surface area contributed by atoms with Crippen molar-refractivity contribution < 1.29 is 18.4 Å². The highest BCUT2D eigenvalue weighted by Gasteiger charge is 2.34. The van der Waals surface area contributed by atoms with Crippen LogP contribution in [0.3, 0.4) is 0 Å². The maximum absolute atomic E-state index is 13.0. The van der Waals surface area contributed by atoms with E-state index in [0.717, 1.165) is 17.4 Å². The van der Waals surface area contributed by atoms with Crippen LogP contribution in [0.25, 0.3) is 0 Å². The SMILES string of the molecule is C=CC(=O)N(C)c1ccc(C(=O)N(Cc2nccn2C(F)F)C2CC2)cc1. The van der Waals surface area contributed by atoms with Crippen LogP contribution in [-0.4, -0.2) is 39.4 Å². The van der Waals surface area contributed by atoms with Gasteiger partial charge < -0.3 is 9.80 Å². The summed E-state index contributed by atoms with van der Waals surface area (Å²) in [5, 5.41) is 0. The average molecular weight is 374 g/mol. The lowest BCUT2D eigenvalue weighted by Gasteiger charge is -2.23. The lowest BCUT2D eigenvalue weighted by Crippen LogP contribution is -2.33. The van der Waals surface area contributed by atoms with Gasteiger partial charge in [0.1, 0.15) is 5.82 Å². The van der Waals surface area contributed by atoms with Crippen LogP contribution in [0.5, 0.6) is 0 Å². The lowest BCUT2D eigenvalue weighted by molar-refractivity contribution is -0.113. The molecule has 6 nitrogen and oxygen atoms in total. The molecule has 2 aromatic rings. The number of carbonyl (C=O) groups excluding carboxylic acids is 2. The number of halogens is 2. The van der Waals surface area contributed by atoms with Crippen molar-refractivity contribution in [1.82, 2.24) is 14.5 Å². The molecule has 8 heteroatoms. The Bertz CT molecular complexity index is 844. The van der Waals surface area contributed by atoms with Gasteiger partial charge in [-0.15, -0.1) is 0 Å². The number of imidazole rings is 1. The molecule has 0 atom stereocenters. The summed E-state index contributed by atoms with van der Waals surface area (Å²) in [6.45, 7) is 0.771. The number of alkyl halides is 2. The quantitative estimate of drug-likeness (QED) is 0.699. The molecule has 0 unspecified atom stereocenters. The van der Waals surface area contributed by atoms with Crippen LogP contribution < -0.4 is 4.90 Å². The Hall–Kier alpha value is -3.03. The van der Waals surface area contributed by atoms with Gasteiger partial charge in [-0.05, 0) is 43.2 Å². The molecule has 0 N–H and O–H groups in total. The maximum atomic E-state index is 13.0. The highest BCUT2D eigenvalue weighted by molar-refractivity contribution is 6.01. The smallest absolute Gasteiger partial charge is 0.319 e. The number of likely N-dealkylation sites (N-methyl/N-ethyl adjacent to an activating group) is 1. The molecule has 0 aliphatic heterocycles. The minimum Gasteiger partial charge on any atom is -0.328 e. The minimum absolute atomic E-state index is 0.0252.